The highest BCUT2D eigenvalue weighted by Gasteiger charge is 2.40. The van der Waals surface area contributed by atoms with Crippen molar-refractivity contribution in [3.05, 3.63) is 46.3 Å². The third kappa shape index (κ3) is 6.59. The van der Waals surface area contributed by atoms with Crippen molar-refractivity contribution in [2.75, 3.05) is 52.9 Å². The van der Waals surface area contributed by atoms with Crippen LogP contribution in [-0.4, -0.2) is 84.6 Å². The Morgan fingerprint density at radius 2 is 1.75 bits per heavy atom. The van der Waals surface area contributed by atoms with Gasteiger partial charge in [-0.15, -0.1) is 0 Å². The van der Waals surface area contributed by atoms with Gasteiger partial charge >= 0.3 is 0 Å². The number of aromatic nitrogens is 1. The van der Waals surface area contributed by atoms with E-state index < -0.39 is 0 Å². The lowest BCUT2D eigenvalue weighted by molar-refractivity contribution is -0.139. The molecule has 2 fully saturated rings. The number of aryl methyl sites for hydroxylation is 2. The van der Waals surface area contributed by atoms with Crippen LogP contribution in [0.5, 0.6) is 5.75 Å². The number of hydrogen-bond donors (Lipinski definition) is 0. The zero-order valence-electron chi connectivity index (χ0n) is 21.6. The van der Waals surface area contributed by atoms with Gasteiger partial charge in [-0.3, -0.25) is 9.59 Å². The van der Waals surface area contributed by atoms with Crippen LogP contribution in [0.25, 0.3) is 0 Å². The van der Waals surface area contributed by atoms with E-state index in [1.165, 1.54) is 0 Å². The second-order valence-corrected chi connectivity index (χ2v) is 10.7. The molecule has 2 aliphatic heterocycles. The highest BCUT2D eigenvalue weighted by molar-refractivity contribution is 6.30. The van der Waals surface area contributed by atoms with Gasteiger partial charge < -0.3 is 24.0 Å². The minimum Gasteiger partial charge on any atom is -0.493 e. The van der Waals surface area contributed by atoms with Gasteiger partial charge in [0.1, 0.15) is 11.5 Å². The average Bonchev–Trinajstić information content (AvgIpc) is 3.19. The second-order valence-electron chi connectivity index (χ2n) is 10.3. The van der Waals surface area contributed by atoms with Crippen molar-refractivity contribution < 1.29 is 18.8 Å². The molecule has 1 aromatic carbocycles. The SMILES string of the molecule is Cc1noc(C)c1CCC(=O)N1CCC(COc2cccc(Cl)c2)(CC(=O)N2CCN(C)CC2)CC1. The van der Waals surface area contributed by atoms with E-state index in [2.05, 4.69) is 17.1 Å². The predicted molar refractivity (Wildman–Crippen MR) is 138 cm³/mol. The van der Waals surface area contributed by atoms with Gasteiger partial charge in [0.05, 0.1) is 12.3 Å². The summed E-state index contributed by atoms with van der Waals surface area (Å²) >= 11 is 6.14. The van der Waals surface area contributed by atoms with Crippen LogP contribution in [0.3, 0.4) is 0 Å². The van der Waals surface area contributed by atoms with E-state index in [4.69, 9.17) is 20.9 Å². The molecule has 0 bridgehead atoms. The molecule has 2 aromatic rings. The van der Waals surface area contributed by atoms with Gasteiger partial charge in [-0.2, -0.15) is 0 Å². The number of piperazine rings is 1. The zero-order valence-corrected chi connectivity index (χ0v) is 22.4. The standard InChI is InChI=1S/C27H37ClN4O4/c1-20-24(21(2)36-29-20)7-8-25(33)31-11-9-27(10-12-31,19-35-23-6-4-5-22(28)17-23)18-26(34)32-15-13-30(3)14-16-32/h4-6,17H,7-16,18-19H2,1-3H3. The highest BCUT2D eigenvalue weighted by Crippen LogP contribution is 2.37. The molecule has 36 heavy (non-hydrogen) atoms. The molecule has 9 heteroatoms. The molecule has 0 N–H and O–H groups in total. The Hall–Kier alpha value is -2.58. The monoisotopic (exact) mass is 516 g/mol. The molecule has 8 nitrogen and oxygen atoms in total. The van der Waals surface area contributed by atoms with E-state index in [9.17, 15) is 9.59 Å². The Balaban J connectivity index is 1.38. The van der Waals surface area contributed by atoms with Gasteiger partial charge in [-0.25, -0.2) is 0 Å². The van der Waals surface area contributed by atoms with Crippen molar-refractivity contribution in [1.82, 2.24) is 19.9 Å². The smallest absolute Gasteiger partial charge is 0.223 e. The summed E-state index contributed by atoms with van der Waals surface area (Å²) in [6.07, 6.45) is 2.93. The summed E-state index contributed by atoms with van der Waals surface area (Å²) < 4.78 is 11.4. The number of rotatable bonds is 8. The maximum Gasteiger partial charge on any atom is 0.223 e. The largest absolute Gasteiger partial charge is 0.493 e. The van der Waals surface area contributed by atoms with Crippen molar-refractivity contribution >= 4 is 23.4 Å². The quantitative estimate of drug-likeness (QED) is 0.532. The average molecular weight is 517 g/mol. The Kier molecular flexibility index (Phi) is 8.57. The number of likely N-dealkylation sites (tertiary alicyclic amines) is 1. The maximum atomic E-state index is 13.3. The van der Waals surface area contributed by atoms with Crippen molar-refractivity contribution in [3.63, 3.8) is 0 Å². The number of ether oxygens (including phenoxy) is 1. The van der Waals surface area contributed by atoms with Crippen LogP contribution in [0.4, 0.5) is 0 Å². The first kappa shape index (κ1) is 26.5. The minimum absolute atomic E-state index is 0.129. The summed E-state index contributed by atoms with van der Waals surface area (Å²) in [5.41, 5.74) is 1.54. The van der Waals surface area contributed by atoms with Crippen LogP contribution in [0.2, 0.25) is 5.02 Å². The van der Waals surface area contributed by atoms with Crippen LogP contribution >= 0.6 is 11.6 Å². The number of nitrogens with zero attached hydrogens (tertiary/aromatic N) is 4. The Labute approximate surface area is 218 Å². The zero-order chi connectivity index (χ0) is 25.7. The van der Waals surface area contributed by atoms with Crippen molar-refractivity contribution in [3.8, 4) is 5.75 Å². The Morgan fingerprint density at radius 1 is 1.06 bits per heavy atom. The molecular weight excluding hydrogens is 480 g/mol. The van der Waals surface area contributed by atoms with Gasteiger partial charge in [-0.05, 0) is 58.4 Å². The van der Waals surface area contributed by atoms with E-state index in [1.54, 1.807) is 6.07 Å². The summed E-state index contributed by atoms with van der Waals surface area (Å²) in [5, 5.41) is 4.61. The fraction of sp³-hybridized carbons (Fsp3) is 0.593. The Morgan fingerprint density at radius 3 is 2.39 bits per heavy atom. The van der Waals surface area contributed by atoms with Crippen molar-refractivity contribution in [2.24, 2.45) is 5.41 Å². The maximum absolute atomic E-state index is 13.3. The molecule has 0 spiro atoms. The van der Waals surface area contributed by atoms with Crippen LogP contribution in [-0.2, 0) is 16.0 Å². The lowest BCUT2D eigenvalue weighted by atomic mass is 9.75. The number of hydrogen-bond acceptors (Lipinski definition) is 6. The molecule has 196 valence electrons. The first-order valence-electron chi connectivity index (χ1n) is 12.8. The summed E-state index contributed by atoms with van der Waals surface area (Å²) in [4.78, 5) is 32.4. The third-order valence-electron chi connectivity index (χ3n) is 7.67. The molecule has 0 aliphatic carbocycles. The molecule has 2 amide bonds. The molecular formula is C27H37ClN4O4. The number of carbonyl (C=O) groups is 2. The molecule has 0 saturated carbocycles. The van der Waals surface area contributed by atoms with Gasteiger partial charge in [0.25, 0.3) is 0 Å². The topological polar surface area (TPSA) is 79.1 Å². The van der Waals surface area contributed by atoms with Crippen molar-refractivity contribution in [2.45, 2.75) is 46.0 Å². The first-order chi connectivity index (χ1) is 17.2. The van der Waals surface area contributed by atoms with E-state index >= 15 is 0 Å². The third-order valence-corrected chi connectivity index (χ3v) is 7.91. The number of likely N-dealkylation sites (N-methyl/N-ethyl adjacent to an activating group) is 1. The Bertz CT molecular complexity index is 1040. The summed E-state index contributed by atoms with van der Waals surface area (Å²) in [6.45, 7) is 8.75. The van der Waals surface area contributed by atoms with E-state index in [1.807, 2.05) is 41.8 Å². The van der Waals surface area contributed by atoms with Gasteiger partial charge in [0.15, 0.2) is 0 Å². The highest BCUT2D eigenvalue weighted by atomic mass is 35.5. The molecule has 2 saturated heterocycles. The lowest BCUT2D eigenvalue weighted by Crippen LogP contribution is -2.51. The minimum atomic E-state index is -0.318. The molecule has 0 unspecified atom stereocenters. The molecule has 1 aromatic heterocycles. The van der Waals surface area contributed by atoms with E-state index in [-0.39, 0.29) is 17.2 Å². The number of amides is 2. The van der Waals surface area contributed by atoms with Crippen LogP contribution in [0.15, 0.2) is 28.8 Å². The van der Waals surface area contributed by atoms with Crippen LogP contribution in [0, 0.1) is 19.3 Å². The summed E-state index contributed by atoms with van der Waals surface area (Å²) in [6, 6.07) is 7.36. The number of carbonyl (C=O) groups excluding carboxylic acids is 2. The normalized spacial score (nSPS) is 18.3. The molecule has 0 radical (unpaired) electrons. The number of benzene rings is 1. The van der Waals surface area contributed by atoms with Crippen LogP contribution < -0.4 is 4.74 Å². The first-order valence-corrected chi connectivity index (χ1v) is 13.2. The number of halogens is 1. The van der Waals surface area contributed by atoms with E-state index in [0.717, 1.165) is 56.0 Å². The number of piperidine rings is 1. The van der Waals surface area contributed by atoms with Gasteiger partial charge in [-0.1, -0.05) is 22.8 Å². The van der Waals surface area contributed by atoms with Crippen molar-refractivity contribution in [1.29, 1.82) is 0 Å². The molecule has 2 aliphatic rings. The van der Waals surface area contributed by atoms with Gasteiger partial charge in [0, 0.05) is 68.1 Å². The fourth-order valence-electron chi connectivity index (χ4n) is 5.13. The molecule has 0 atom stereocenters. The lowest BCUT2D eigenvalue weighted by Gasteiger charge is -2.43. The van der Waals surface area contributed by atoms with Gasteiger partial charge in [0.2, 0.25) is 11.8 Å². The van der Waals surface area contributed by atoms with Crippen LogP contribution in [0.1, 0.15) is 42.7 Å². The summed E-state index contributed by atoms with van der Waals surface area (Å²) in [7, 11) is 2.08. The van der Waals surface area contributed by atoms with E-state index in [0.29, 0.717) is 49.7 Å². The molecule has 4 rings (SSSR count). The molecule has 3 heterocycles. The summed E-state index contributed by atoms with van der Waals surface area (Å²) in [5.74, 6) is 1.78. The predicted octanol–water partition coefficient (Wildman–Crippen LogP) is 3.73. The second kappa shape index (κ2) is 11.6. The fourth-order valence-corrected chi connectivity index (χ4v) is 5.31.